The van der Waals surface area contributed by atoms with E-state index in [0.29, 0.717) is 19.7 Å². The number of hydrogen-bond donors (Lipinski definition) is 1. The normalized spacial score (nSPS) is 12.2. The van der Waals surface area contributed by atoms with E-state index in [2.05, 4.69) is 0 Å². The number of aliphatic hydroxyl groups excluding tert-OH is 1. The number of ether oxygens (including phenoxy) is 3. The molecular weight excluding hydrogens is 337 g/mol. The molecule has 1 unspecified atom stereocenters. The number of para-hydroxylation sites is 1. The smallest absolute Gasteiger partial charge is 0.165 e. The fourth-order valence-electron chi connectivity index (χ4n) is 2.72. The van der Waals surface area contributed by atoms with E-state index in [-0.39, 0.29) is 18.2 Å². The number of halogens is 1. The molecule has 0 aliphatic carbocycles. The van der Waals surface area contributed by atoms with Crippen LogP contribution in [0.2, 0.25) is 0 Å². The highest BCUT2D eigenvalue weighted by atomic mass is 19.1. The van der Waals surface area contributed by atoms with Crippen molar-refractivity contribution in [2.24, 2.45) is 0 Å². The third-order valence-electron chi connectivity index (χ3n) is 3.95. The Balaban J connectivity index is 1.76. The molecule has 2 aromatic carbocycles. The van der Waals surface area contributed by atoms with E-state index in [0.717, 1.165) is 16.9 Å². The van der Waals surface area contributed by atoms with Crippen molar-refractivity contribution in [2.45, 2.75) is 19.3 Å². The molecule has 1 atom stereocenters. The molecule has 0 radical (unpaired) electrons. The van der Waals surface area contributed by atoms with Crippen LogP contribution >= 0.6 is 0 Å². The molecule has 6 heteroatoms. The summed E-state index contributed by atoms with van der Waals surface area (Å²) in [4.78, 5) is 1.92. The zero-order valence-corrected chi connectivity index (χ0v) is 15.4. The molecule has 2 aromatic rings. The minimum Gasteiger partial charge on any atom is -0.496 e. The minimum absolute atomic E-state index is 0.208. The lowest BCUT2D eigenvalue weighted by atomic mass is 10.2. The molecular formula is C20H26FNO4. The Kier molecular flexibility index (Phi) is 7.84. The van der Waals surface area contributed by atoms with E-state index in [9.17, 15) is 9.50 Å². The SMILES string of the molecule is COc1ccc(CN(C)CC(O)COCc2ccccc2OC)cc1F. The van der Waals surface area contributed by atoms with Gasteiger partial charge < -0.3 is 19.3 Å². The zero-order valence-electron chi connectivity index (χ0n) is 15.4. The fraction of sp³-hybridized carbons (Fsp3) is 0.400. The fourth-order valence-corrected chi connectivity index (χ4v) is 2.72. The highest BCUT2D eigenvalue weighted by Crippen LogP contribution is 2.19. The molecule has 0 aliphatic rings. The van der Waals surface area contributed by atoms with Crippen LogP contribution in [0.15, 0.2) is 42.5 Å². The Hall–Kier alpha value is -2.15. The van der Waals surface area contributed by atoms with E-state index in [1.807, 2.05) is 42.3 Å². The molecule has 0 bridgehead atoms. The van der Waals surface area contributed by atoms with E-state index in [1.54, 1.807) is 13.2 Å². The summed E-state index contributed by atoms with van der Waals surface area (Å²) in [5.41, 5.74) is 1.75. The summed E-state index contributed by atoms with van der Waals surface area (Å²) in [6.45, 7) is 1.51. The van der Waals surface area contributed by atoms with E-state index >= 15 is 0 Å². The van der Waals surface area contributed by atoms with Crippen molar-refractivity contribution in [3.63, 3.8) is 0 Å². The summed E-state index contributed by atoms with van der Waals surface area (Å²) in [5, 5.41) is 10.1. The van der Waals surface area contributed by atoms with Gasteiger partial charge in [0.15, 0.2) is 11.6 Å². The number of benzene rings is 2. The Morgan fingerprint density at radius 1 is 1.08 bits per heavy atom. The van der Waals surface area contributed by atoms with Crippen LogP contribution < -0.4 is 9.47 Å². The second-order valence-electron chi connectivity index (χ2n) is 6.15. The van der Waals surface area contributed by atoms with Crippen LogP contribution in [0.5, 0.6) is 11.5 Å². The average molecular weight is 363 g/mol. The first kappa shape index (κ1) is 20.2. The molecule has 0 aromatic heterocycles. The van der Waals surface area contributed by atoms with Crippen molar-refractivity contribution >= 4 is 0 Å². The molecule has 5 nitrogen and oxygen atoms in total. The van der Waals surface area contributed by atoms with Gasteiger partial charge >= 0.3 is 0 Å². The number of methoxy groups -OCH3 is 2. The molecule has 0 saturated heterocycles. The van der Waals surface area contributed by atoms with E-state index in [4.69, 9.17) is 14.2 Å². The predicted octanol–water partition coefficient (Wildman–Crippen LogP) is 2.85. The highest BCUT2D eigenvalue weighted by molar-refractivity contribution is 5.32. The van der Waals surface area contributed by atoms with Crippen LogP contribution in [0.25, 0.3) is 0 Å². The molecule has 0 heterocycles. The van der Waals surface area contributed by atoms with E-state index in [1.165, 1.54) is 13.2 Å². The third kappa shape index (κ3) is 5.98. The van der Waals surface area contributed by atoms with Crippen LogP contribution in [0, 0.1) is 5.82 Å². The number of aliphatic hydroxyl groups is 1. The van der Waals surface area contributed by atoms with Crippen LogP contribution in [-0.4, -0.2) is 50.5 Å². The van der Waals surface area contributed by atoms with Gasteiger partial charge in [-0.1, -0.05) is 24.3 Å². The quantitative estimate of drug-likeness (QED) is 0.703. The van der Waals surface area contributed by atoms with Crippen LogP contribution in [0.1, 0.15) is 11.1 Å². The molecule has 2 rings (SSSR count). The van der Waals surface area contributed by atoms with E-state index < -0.39 is 6.10 Å². The van der Waals surface area contributed by atoms with Crippen LogP contribution in [0.4, 0.5) is 4.39 Å². The van der Waals surface area contributed by atoms with Crippen LogP contribution in [0.3, 0.4) is 0 Å². The van der Waals surface area contributed by atoms with Crippen molar-refractivity contribution < 1.29 is 23.7 Å². The van der Waals surface area contributed by atoms with Gasteiger partial charge in [0.1, 0.15) is 5.75 Å². The molecule has 142 valence electrons. The standard InChI is InChI=1S/C20H26FNO4/c1-22(11-15-8-9-20(25-3)18(21)10-15)12-17(23)14-26-13-16-6-4-5-7-19(16)24-2/h4-10,17,23H,11-14H2,1-3H3. The van der Waals surface area contributed by atoms with Gasteiger partial charge in [-0.05, 0) is 30.8 Å². The van der Waals surface area contributed by atoms with Crippen molar-refractivity contribution in [1.82, 2.24) is 4.90 Å². The summed E-state index contributed by atoms with van der Waals surface area (Å²) in [7, 11) is 4.92. The second kappa shape index (κ2) is 10.1. The summed E-state index contributed by atoms with van der Waals surface area (Å²) in [5.74, 6) is 0.598. The van der Waals surface area contributed by atoms with Gasteiger partial charge in [0.05, 0.1) is 33.5 Å². The Morgan fingerprint density at radius 2 is 1.81 bits per heavy atom. The summed E-state index contributed by atoms with van der Waals surface area (Å²) >= 11 is 0. The highest BCUT2D eigenvalue weighted by Gasteiger charge is 2.11. The lowest BCUT2D eigenvalue weighted by molar-refractivity contribution is 0.0122. The first-order valence-corrected chi connectivity index (χ1v) is 8.42. The van der Waals surface area contributed by atoms with Crippen molar-refractivity contribution in [2.75, 3.05) is 34.4 Å². The summed E-state index contributed by atoms with van der Waals surface area (Å²) < 4.78 is 29.5. The van der Waals surface area contributed by atoms with Gasteiger partial charge in [0, 0.05) is 18.7 Å². The molecule has 0 amide bonds. The Labute approximate surface area is 153 Å². The Morgan fingerprint density at radius 3 is 2.50 bits per heavy atom. The number of likely N-dealkylation sites (N-methyl/N-ethyl adjacent to an activating group) is 1. The topological polar surface area (TPSA) is 51.2 Å². The lowest BCUT2D eigenvalue weighted by Gasteiger charge is -2.21. The van der Waals surface area contributed by atoms with Gasteiger partial charge in [0.2, 0.25) is 0 Å². The first-order valence-electron chi connectivity index (χ1n) is 8.42. The largest absolute Gasteiger partial charge is 0.496 e. The molecule has 0 saturated carbocycles. The lowest BCUT2D eigenvalue weighted by Crippen LogP contribution is -2.31. The van der Waals surface area contributed by atoms with Crippen LogP contribution in [-0.2, 0) is 17.9 Å². The number of hydrogen-bond acceptors (Lipinski definition) is 5. The third-order valence-corrected chi connectivity index (χ3v) is 3.95. The summed E-state index contributed by atoms with van der Waals surface area (Å²) in [6, 6.07) is 12.5. The molecule has 0 aliphatic heterocycles. The molecule has 1 N–H and O–H groups in total. The van der Waals surface area contributed by atoms with Gasteiger partial charge in [0.25, 0.3) is 0 Å². The van der Waals surface area contributed by atoms with Crippen molar-refractivity contribution in [3.05, 3.63) is 59.4 Å². The first-order chi connectivity index (χ1) is 12.5. The zero-order chi connectivity index (χ0) is 18.9. The van der Waals surface area contributed by atoms with Gasteiger partial charge in [-0.25, -0.2) is 4.39 Å². The molecule has 26 heavy (non-hydrogen) atoms. The number of nitrogens with zero attached hydrogens (tertiary/aromatic N) is 1. The minimum atomic E-state index is -0.641. The van der Waals surface area contributed by atoms with Gasteiger partial charge in [-0.15, -0.1) is 0 Å². The maximum absolute atomic E-state index is 13.7. The summed E-state index contributed by atoms with van der Waals surface area (Å²) in [6.07, 6.45) is -0.641. The molecule has 0 fully saturated rings. The Bertz CT molecular complexity index is 695. The van der Waals surface area contributed by atoms with Crippen molar-refractivity contribution in [1.29, 1.82) is 0 Å². The average Bonchev–Trinajstić information content (AvgIpc) is 2.62. The maximum Gasteiger partial charge on any atom is 0.165 e. The maximum atomic E-state index is 13.7. The van der Waals surface area contributed by atoms with Crippen molar-refractivity contribution in [3.8, 4) is 11.5 Å². The second-order valence-corrected chi connectivity index (χ2v) is 6.15. The predicted molar refractivity (Wildman–Crippen MR) is 97.9 cm³/mol. The number of rotatable bonds is 10. The molecule has 0 spiro atoms. The monoisotopic (exact) mass is 363 g/mol. The van der Waals surface area contributed by atoms with Gasteiger partial charge in [-0.2, -0.15) is 0 Å². The van der Waals surface area contributed by atoms with Gasteiger partial charge in [-0.3, -0.25) is 4.90 Å².